The third kappa shape index (κ3) is 5.41. The summed E-state index contributed by atoms with van der Waals surface area (Å²) in [4.78, 5) is 11.1. The van der Waals surface area contributed by atoms with E-state index < -0.39 is 16.0 Å². The van der Waals surface area contributed by atoms with Crippen LogP contribution in [0, 0.1) is 12.8 Å². The first-order chi connectivity index (χ1) is 16.8. The van der Waals surface area contributed by atoms with Crippen LogP contribution in [0.15, 0.2) is 77.7 Å². The Balaban J connectivity index is 1.68. The molecule has 0 bridgehead atoms. The maximum absolute atomic E-state index is 13.9. The quantitative estimate of drug-likeness (QED) is 0.405. The highest BCUT2D eigenvalue weighted by atomic mass is 32.2. The molecule has 1 aliphatic heterocycles. The summed E-state index contributed by atoms with van der Waals surface area (Å²) in [7, 11) is -2.09. The Morgan fingerprint density at radius 2 is 1.86 bits per heavy atom. The lowest BCUT2D eigenvalue weighted by molar-refractivity contribution is -0.136. The average molecular weight is 494 g/mol. The van der Waals surface area contributed by atoms with Crippen molar-refractivity contribution in [1.82, 2.24) is 4.31 Å². The number of allylic oxidation sites excluding steroid dienone is 2. The molecule has 0 aliphatic carbocycles. The molecule has 1 saturated heterocycles. The summed E-state index contributed by atoms with van der Waals surface area (Å²) < 4.78 is 34.9. The maximum Gasteiger partial charge on any atom is 0.303 e. The number of hydrogen-bond donors (Lipinski definition) is 1. The van der Waals surface area contributed by atoms with E-state index in [4.69, 9.17) is 9.84 Å². The van der Waals surface area contributed by atoms with E-state index in [-0.39, 0.29) is 18.3 Å². The first kappa shape index (κ1) is 24.9. The Hall–Kier alpha value is -3.16. The molecule has 0 unspecified atom stereocenters. The lowest BCUT2D eigenvalue weighted by Gasteiger charge is -2.21. The smallest absolute Gasteiger partial charge is 0.303 e. The molecule has 184 valence electrons. The number of benzene rings is 3. The number of carboxylic acid groups (broad SMARTS) is 1. The van der Waals surface area contributed by atoms with Crippen molar-refractivity contribution in [2.75, 3.05) is 20.2 Å². The zero-order valence-corrected chi connectivity index (χ0v) is 20.9. The maximum atomic E-state index is 13.9. The van der Waals surface area contributed by atoms with Crippen LogP contribution in [0.1, 0.15) is 36.3 Å². The Morgan fingerprint density at radius 3 is 2.63 bits per heavy atom. The number of rotatable bonds is 9. The summed E-state index contributed by atoms with van der Waals surface area (Å²) in [6.45, 7) is 2.76. The standard InChI is InChI=1S/C28H31NO5S/c1-20-15-16-26(34-2)24(17-20)25-19-29(18-22(25)10-4-3-5-14-28(30)31)35(32,33)27-13-8-11-21-9-6-7-12-23(21)27/h3-4,6-9,11-13,15-17,22,25H,5,10,14,18-19H2,1-2H3,(H,30,31)/b4-3-/t22-,25+/m0/s1. The van der Waals surface area contributed by atoms with Crippen molar-refractivity contribution in [3.8, 4) is 5.75 Å². The van der Waals surface area contributed by atoms with Crippen LogP contribution in [0.5, 0.6) is 5.75 Å². The number of hydrogen-bond acceptors (Lipinski definition) is 4. The van der Waals surface area contributed by atoms with E-state index in [0.29, 0.717) is 30.8 Å². The van der Waals surface area contributed by atoms with Gasteiger partial charge in [0.2, 0.25) is 10.0 Å². The Morgan fingerprint density at radius 1 is 1.09 bits per heavy atom. The van der Waals surface area contributed by atoms with Gasteiger partial charge in [-0.15, -0.1) is 0 Å². The molecule has 7 heteroatoms. The minimum absolute atomic E-state index is 0.0385. The molecule has 0 amide bonds. The van der Waals surface area contributed by atoms with Crippen molar-refractivity contribution in [2.24, 2.45) is 5.92 Å². The molecular weight excluding hydrogens is 462 g/mol. The number of nitrogens with zero attached hydrogens (tertiary/aromatic N) is 1. The highest BCUT2D eigenvalue weighted by Crippen LogP contribution is 2.42. The highest BCUT2D eigenvalue weighted by molar-refractivity contribution is 7.89. The summed E-state index contributed by atoms with van der Waals surface area (Å²) in [6, 6.07) is 18.9. The van der Waals surface area contributed by atoms with Crippen LogP contribution in [0.3, 0.4) is 0 Å². The van der Waals surface area contributed by atoms with E-state index in [9.17, 15) is 13.2 Å². The fraction of sp³-hybridized carbons (Fsp3) is 0.321. The SMILES string of the molecule is COc1ccc(C)cc1[C@@H]1CN(S(=O)(=O)c2cccc3ccccc23)C[C@@H]1C/C=C\CCC(=O)O. The van der Waals surface area contributed by atoms with Gasteiger partial charge >= 0.3 is 5.97 Å². The number of carbonyl (C=O) groups is 1. The topological polar surface area (TPSA) is 83.9 Å². The van der Waals surface area contributed by atoms with Gasteiger partial charge in [-0.2, -0.15) is 4.31 Å². The number of sulfonamides is 1. The largest absolute Gasteiger partial charge is 0.496 e. The summed E-state index contributed by atoms with van der Waals surface area (Å²) in [5, 5.41) is 10.5. The normalized spacial score (nSPS) is 18.9. The zero-order valence-electron chi connectivity index (χ0n) is 20.1. The van der Waals surface area contributed by atoms with Crippen molar-refractivity contribution in [2.45, 2.75) is 37.0 Å². The number of carboxylic acids is 1. The monoisotopic (exact) mass is 493 g/mol. The number of ether oxygens (including phenoxy) is 1. The van der Waals surface area contributed by atoms with Crippen LogP contribution >= 0.6 is 0 Å². The lowest BCUT2D eigenvalue weighted by Crippen LogP contribution is -2.29. The third-order valence-corrected chi connectivity index (χ3v) is 8.58. The van der Waals surface area contributed by atoms with Gasteiger partial charge in [0.25, 0.3) is 0 Å². The molecule has 1 fully saturated rings. The number of aliphatic carboxylic acids is 1. The van der Waals surface area contributed by atoms with Gasteiger partial charge in [0.1, 0.15) is 5.75 Å². The summed E-state index contributed by atoms with van der Waals surface area (Å²) >= 11 is 0. The minimum Gasteiger partial charge on any atom is -0.496 e. The van der Waals surface area contributed by atoms with Crippen LogP contribution in [-0.4, -0.2) is 44.0 Å². The van der Waals surface area contributed by atoms with Crippen molar-refractivity contribution >= 4 is 26.8 Å². The van der Waals surface area contributed by atoms with Gasteiger partial charge < -0.3 is 9.84 Å². The summed E-state index contributed by atoms with van der Waals surface area (Å²) in [6.07, 6.45) is 5.05. The molecule has 0 radical (unpaired) electrons. The molecule has 3 aromatic rings. The molecular formula is C28H31NO5S. The first-order valence-corrected chi connectivity index (χ1v) is 13.2. The van der Waals surface area contributed by atoms with Crippen molar-refractivity contribution in [1.29, 1.82) is 0 Å². The molecule has 0 spiro atoms. The molecule has 1 N–H and O–H groups in total. The van der Waals surface area contributed by atoms with Crippen molar-refractivity contribution in [3.63, 3.8) is 0 Å². The fourth-order valence-electron chi connectivity index (χ4n) is 4.92. The van der Waals surface area contributed by atoms with E-state index in [0.717, 1.165) is 27.6 Å². The van der Waals surface area contributed by atoms with Gasteiger partial charge in [-0.3, -0.25) is 4.79 Å². The van der Waals surface area contributed by atoms with Gasteiger partial charge in [0, 0.05) is 30.8 Å². The summed E-state index contributed by atoms with van der Waals surface area (Å²) in [5.74, 6) is -0.0784. The highest BCUT2D eigenvalue weighted by Gasteiger charge is 2.41. The van der Waals surface area contributed by atoms with Gasteiger partial charge in [-0.05, 0) is 48.8 Å². The second-order valence-electron chi connectivity index (χ2n) is 9.05. The van der Waals surface area contributed by atoms with Crippen LogP contribution in [0.2, 0.25) is 0 Å². The molecule has 35 heavy (non-hydrogen) atoms. The van der Waals surface area contributed by atoms with Crippen LogP contribution in [-0.2, 0) is 14.8 Å². The fourth-order valence-corrected chi connectivity index (χ4v) is 6.66. The number of aryl methyl sites for hydroxylation is 1. The number of methoxy groups -OCH3 is 1. The average Bonchev–Trinajstić information content (AvgIpc) is 3.28. The van der Waals surface area contributed by atoms with Crippen LogP contribution in [0.25, 0.3) is 10.8 Å². The van der Waals surface area contributed by atoms with Gasteiger partial charge in [-0.1, -0.05) is 66.2 Å². The molecule has 2 atom stereocenters. The van der Waals surface area contributed by atoms with E-state index in [1.807, 2.05) is 61.5 Å². The van der Waals surface area contributed by atoms with Crippen molar-refractivity contribution < 1.29 is 23.1 Å². The summed E-state index contributed by atoms with van der Waals surface area (Å²) in [5.41, 5.74) is 2.10. The van der Waals surface area contributed by atoms with Crippen molar-refractivity contribution in [3.05, 3.63) is 83.9 Å². The van der Waals surface area contributed by atoms with Gasteiger partial charge in [0.15, 0.2) is 0 Å². The van der Waals surface area contributed by atoms with Gasteiger partial charge in [0.05, 0.1) is 12.0 Å². The van der Waals surface area contributed by atoms with Crippen LogP contribution < -0.4 is 4.74 Å². The minimum atomic E-state index is -3.72. The Kier molecular flexibility index (Phi) is 7.57. The Labute approximate surface area is 206 Å². The molecule has 0 saturated carbocycles. The van der Waals surface area contributed by atoms with E-state index >= 15 is 0 Å². The molecule has 6 nitrogen and oxygen atoms in total. The zero-order chi connectivity index (χ0) is 25.0. The molecule has 1 heterocycles. The lowest BCUT2D eigenvalue weighted by atomic mass is 9.85. The first-order valence-electron chi connectivity index (χ1n) is 11.8. The Bertz CT molecular complexity index is 1340. The molecule has 4 rings (SSSR count). The molecule has 0 aromatic heterocycles. The predicted molar refractivity (Wildman–Crippen MR) is 137 cm³/mol. The van der Waals surface area contributed by atoms with E-state index in [1.165, 1.54) is 0 Å². The molecule has 1 aliphatic rings. The van der Waals surface area contributed by atoms with Crippen LogP contribution in [0.4, 0.5) is 0 Å². The van der Waals surface area contributed by atoms with E-state index in [2.05, 4.69) is 6.07 Å². The third-order valence-electron chi connectivity index (χ3n) is 6.69. The number of fused-ring (bicyclic) bond motifs is 1. The van der Waals surface area contributed by atoms with Gasteiger partial charge in [-0.25, -0.2) is 8.42 Å². The van der Waals surface area contributed by atoms with E-state index in [1.54, 1.807) is 23.5 Å². The predicted octanol–water partition coefficient (Wildman–Crippen LogP) is 5.37. The second-order valence-corrected chi connectivity index (χ2v) is 11.0. The second kappa shape index (κ2) is 10.6. The molecule has 3 aromatic carbocycles.